The fourth-order valence-corrected chi connectivity index (χ4v) is 2.85. The summed E-state index contributed by atoms with van der Waals surface area (Å²) in [4.78, 5) is 0. The van der Waals surface area contributed by atoms with Gasteiger partial charge in [0.25, 0.3) is 0 Å². The van der Waals surface area contributed by atoms with Gasteiger partial charge in [-0.3, -0.25) is 0 Å². The molecule has 3 nitrogen and oxygen atoms in total. The van der Waals surface area contributed by atoms with Gasteiger partial charge in [-0.2, -0.15) is 0 Å². The van der Waals surface area contributed by atoms with E-state index in [2.05, 4.69) is 19.2 Å². The lowest BCUT2D eigenvalue weighted by Crippen LogP contribution is -2.54. The van der Waals surface area contributed by atoms with Crippen molar-refractivity contribution >= 4 is 0 Å². The predicted octanol–water partition coefficient (Wildman–Crippen LogP) is 1.69. The standard InChI is InChI=1S/C13H25NO2/c1-10(2)12(9-15)14-11-4-7-16-13(8-11)5-3-6-13/h10-12,14-15H,3-9H2,1-2H3/t11?,12-/m1/s1. The molecule has 0 aromatic rings. The molecule has 2 rings (SSSR count). The number of aliphatic hydroxyl groups excluding tert-OH is 1. The lowest BCUT2D eigenvalue weighted by molar-refractivity contribution is -0.137. The Bertz CT molecular complexity index is 226. The third-order valence-electron chi connectivity index (χ3n) is 4.21. The Morgan fingerprint density at radius 3 is 2.69 bits per heavy atom. The maximum absolute atomic E-state index is 9.33. The number of aliphatic hydroxyl groups is 1. The smallest absolute Gasteiger partial charge is 0.0697 e. The summed E-state index contributed by atoms with van der Waals surface area (Å²) < 4.78 is 5.90. The van der Waals surface area contributed by atoms with Crippen LogP contribution in [0.25, 0.3) is 0 Å². The third-order valence-corrected chi connectivity index (χ3v) is 4.21. The second kappa shape index (κ2) is 5.03. The third kappa shape index (κ3) is 2.58. The maximum atomic E-state index is 9.33. The SMILES string of the molecule is CC(C)[C@@H](CO)NC1CCOC2(CCC2)C1. The Balaban J connectivity index is 1.84. The first kappa shape index (κ1) is 12.3. The van der Waals surface area contributed by atoms with Crippen LogP contribution in [-0.2, 0) is 4.74 Å². The Kier molecular flexibility index (Phi) is 3.88. The van der Waals surface area contributed by atoms with Crippen molar-refractivity contribution in [2.45, 2.75) is 63.6 Å². The van der Waals surface area contributed by atoms with Crippen LogP contribution in [0, 0.1) is 5.92 Å². The van der Waals surface area contributed by atoms with Gasteiger partial charge in [0.05, 0.1) is 12.2 Å². The van der Waals surface area contributed by atoms with Crippen LogP contribution < -0.4 is 5.32 Å². The summed E-state index contributed by atoms with van der Waals surface area (Å²) >= 11 is 0. The van der Waals surface area contributed by atoms with Gasteiger partial charge in [0.2, 0.25) is 0 Å². The van der Waals surface area contributed by atoms with E-state index in [-0.39, 0.29) is 18.2 Å². The molecule has 0 amide bonds. The lowest BCUT2D eigenvalue weighted by atomic mass is 9.73. The fraction of sp³-hybridized carbons (Fsp3) is 1.00. The highest BCUT2D eigenvalue weighted by atomic mass is 16.5. The van der Waals surface area contributed by atoms with Gasteiger partial charge in [-0.25, -0.2) is 0 Å². The highest BCUT2D eigenvalue weighted by molar-refractivity contribution is 4.96. The average Bonchev–Trinajstić information content (AvgIpc) is 2.23. The molecule has 0 radical (unpaired) electrons. The van der Waals surface area contributed by atoms with Crippen molar-refractivity contribution in [1.29, 1.82) is 0 Å². The van der Waals surface area contributed by atoms with Gasteiger partial charge in [-0.1, -0.05) is 13.8 Å². The summed E-state index contributed by atoms with van der Waals surface area (Å²) in [6, 6.07) is 0.772. The Hall–Kier alpha value is -0.120. The number of ether oxygens (including phenoxy) is 1. The lowest BCUT2D eigenvalue weighted by Gasteiger charge is -2.48. The Morgan fingerprint density at radius 2 is 2.19 bits per heavy atom. The monoisotopic (exact) mass is 227 g/mol. The Morgan fingerprint density at radius 1 is 1.44 bits per heavy atom. The molecular formula is C13H25NO2. The molecule has 2 aliphatic rings. The summed E-state index contributed by atoms with van der Waals surface area (Å²) in [6.07, 6.45) is 6.01. The minimum absolute atomic E-state index is 0.201. The van der Waals surface area contributed by atoms with Crippen LogP contribution in [0.3, 0.4) is 0 Å². The molecule has 16 heavy (non-hydrogen) atoms. The molecule has 2 N–H and O–H groups in total. The molecule has 1 saturated heterocycles. The molecule has 1 unspecified atom stereocenters. The van der Waals surface area contributed by atoms with Crippen LogP contribution in [0.5, 0.6) is 0 Å². The van der Waals surface area contributed by atoms with Crippen LogP contribution >= 0.6 is 0 Å². The molecular weight excluding hydrogens is 202 g/mol. The van der Waals surface area contributed by atoms with Crippen molar-refractivity contribution in [3.8, 4) is 0 Å². The summed E-state index contributed by atoms with van der Waals surface area (Å²) in [6.45, 7) is 5.44. The topological polar surface area (TPSA) is 41.5 Å². The van der Waals surface area contributed by atoms with Crippen LogP contribution in [0.2, 0.25) is 0 Å². The number of rotatable bonds is 4. The number of hydrogen-bond donors (Lipinski definition) is 2. The van der Waals surface area contributed by atoms with Crippen molar-refractivity contribution in [2.24, 2.45) is 5.92 Å². The molecule has 1 spiro atoms. The minimum atomic E-state index is 0.201. The van der Waals surface area contributed by atoms with E-state index >= 15 is 0 Å². The van der Waals surface area contributed by atoms with E-state index in [4.69, 9.17) is 4.74 Å². The maximum Gasteiger partial charge on any atom is 0.0697 e. The van der Waals surface area contributed by atoms with Crippen LogP contribution in [0.15, 0.2) is 0 Å². The first-order valence-corrected chi connectivity index (χ1v) is 6.66. The quantitative estimate of drug-likeness (QED) is 0.768. The van der Waals surface area contributed by atoms with Gasteiger partial charge in [0.15, 0.2) is 0 Å². The second-order valence-electron chi connectivity index (χ2n) is 5.77. The molecule has 1 saturated carbocycles. The molecule has 94 valence electrons. The summed E-state index contributed by atoms with van der Waals surface area (Å²) in [7, 11) is 0. The van der Waals surface area contributed by atoms with Crippen molar-refractivity contribution < 1.29 is 9.84 Å². The van der Waals surface area contributed by atoms with Crippen LogP contribution in [0.1, 0.15) is 46.0 Å². The van der Waals surface area contributed by atoms with E-state index in [1.54, 1.807) is 0 Å². The van der Waals surface area contributed by atoms with Gasteiger partial charge in [-0.05, 0) is 38.0 Å². The van der Waals surface area contributed by atoms with Gasteiger partial charge in [0, 0.05) is 18.7 Å². The molecule has 0 bridgehead atoms. The zero-order valence-corrected chi connectivity index (χ0v) is 10.5. The van der Waals surface area contributed by atoms with Gasteiger partial charge >= 0.3 is 0 Å². The predicted molar refractivity (Wildman–Crippen MR) is 64.4 cm³/mol. The molecule has 0 aromatic heterocycles. The average molecular weight is 227 g/mol. The molecule has 2 atom stereocenters. The summed E-state index contributed by atoms with van der Waals surface area (Å²) in [5, 5.41) is 12.9. The van der Waals surface area contributed by atoms with Crippen molar-refractivity contribution in [1.82, 2.24) is 5.32 Å². The molecule has 1 aliphatic carbocycles. The minimum Gasteiger partial charge on any atom is -0.395 e. The van der Waals surface area contributed by atoms with Crippen LogP contribution in [-0.4, -0.2) is 36.0 Å². The first-order valence-electron chi connectivity index (χ1n) is 6.66. The largest absolute Gasteiger partial charge is 0.395 e. The van der Waals surface area contributed by atoms with Gasteiger partial charge < -0.3 is 15.2 Å². The summed E-state index contributed by atoms with van der Waals surface area (Å²) in [5.74, 6) is 0.491. The fourth-order valence-electron chi connectivity index (χ4n) is 2.85. The van der Waals surface area contributed by atoms with E-state index in [0.717, 1.165) is 19.4 Å². The van der Waals surface area contributed by atoms with Crippen LogP contribution in [0.4, 0.5) is 0 Å². The van der Waals surface area contributed by atoms with E-state index in [0.29, 0.717) is 12.0 Å². The van der Waals surface area contributed by atoms with E-state index in [1.807, 2.05) is 0 Å². The Labute approximate surface area is 98.6 Å². The number of hydrogen-bond acceptors (Lipinski definition) is 3. The van der Waals surface area contributed by atoms with Gasteiger partial charge in [-0.15, -0.1) is 0 Å². The van der Waals surface area contributed by atoms with Crippen molar-refractivity contribution in [3.63, 3.8) is 0 Å². The molecule has 1 aliphatic heterocycles. The molecule has 3 heteroatoms. The molecule has 1 heterocycles. The van der Waals surface area contributed by atoms with Gasteiger partial charge in [0.1, 0.15) is 0 Å². The van der Waals surface area contributed by atoms with E-state index < -0.39 is 0 Å². The number of nitrogens with one attached hydrogen (secondary N) is 1. The van der Waals surface area contributed by atoms with E-state index in [9.17, 15) is 5.11 Å². The molecule has 0 aromatic carbocycles. The second-order valence-corrected chi connectivity index (χ2v) is 5.77. The zero-order valence-electron chi connectivity index (χ0n) is 10.5. The first-order chi connectivity index (χ1) is 7.65. The van der Waals surface area contributed by atoms with E-state index in [1.165, 1.54) is 19.3 Å². The highest BCUT2D eigenvalue weighted by Gasteiger charge is 2.42. The molecule has 2 fully saturated rings. The normalized spacial score (nSPS) is 30.4. The highest BCUT2D eigenvalue weighted by Crippen LogP contribution is 2.42. The van der Waals surface area contributed by atoms with Crippen molar-refractivity contribution in [3.05, 3.63) is 0 Å². The summed E-state index contributed by atoms with van der Waals surface area (Å²) in [5.41, 5.74) is 0.201. The van der Waals surface area contributed by atoms with Crippen molar-refractivity contribution in [2.75, 3.05) is 13.2 Å². The zero-order chi connectivity index (χ0) is 11.6.